The lowest BCUT2D eigenvalue weighted by molar-refractivity contribution is -0.151. The molecule has 1 aliphatic carbocycles. The average Bonchev–Trinajstić information content (AvgIpc) is 3.35. The lowest BCUT2D eigenvalue weighted by Gasteiger charge is -2.34. The minimum absolute atomic E-state index is 0.267. The van der Waals surface area contributed by atoms with Crippen LogP contribution in [0, 0.1) is 5.92 Å². The van der Waals surface area contributed by atoms with Crippen molar-refractivity contribution < 1.29 is 28.7 Å². The van der Waals surface area contributed by atoms with Gasteiger partial charge in [-0.2, -0.15) is 0 Å². The van der Waals surface area contributed by atoms with Crippen molar-refractivity contribution >= 4 is 41.2 Å². The Morgan fingerprint density at radius 2 is 2.03 bits per heavy atom. The largest absolute Gasteiger partial charge is 0.454 e. The van der Waals surface area contributed by atoms with E-state index in [0.29, 0.717) is 18.8 Å². The van der Waals surface area contributed by atoms with Crippen LogP contribution in [0.3, 0.4) is 0 Å². The Bertz CT molecular complexity index is 848. The zero-order valence-electron chi connectivity index (χ0n) is 17.3. The smallest absolute Gasteiger partial charge is 0.326 e. The van der Waals surface area contributed by atoms with E-state index in [2.05, 4.69) is 17.6 Å². The first-order valence-corrected chi connectivity index (χ1v) is 11.1. The SMILES string of the molecule is CCC1CCC2(CC1)NC(=O)N(CC(=O)OCC(=O)NC(=O)NCc1cccs1)C2=O. The molecule has 168 valence electrons. The van der Waals surface area contributed by atoms with E-state index < -0.39 is 48.5 Å². The van der Waals surface area contributed by atoms with Crippen LogP contribution in [-0.4, -0.2) is 53.4 Å². The molecule has 2 heterocycles. The molecule has 3 rings (SSSR count). The molecule has 1 aromatic rings. The number of ether oxygens (including phenoxy) is 1. The molecule has 0 bridgehead atoms. The van der Waals surface area contributed by atoms with Gasteiger partial charge in [0.05, 0.1) is 6.54 Å². The molecule has 10 nitrogen and oxygen atoms in total. The molecule has 0 aromatic carbocycles. The van der Waals surface area contributed by atoms with Crippen LogP contribution in [0.5, 0.6) is 0 Å². The molecule has 1 spiro atoms. The van der Waals surface area contributed by atoms with Gasteiger partial charge in [0.1, 0.15) is 12.1 Å². The van der Waals surface area contributed by atoms with Gasteiger partial charge in [-0.05, 0) is 43.0 Å². The lowest BCUT2D eigenvalue weighted by Crippen LogP contribution is -2.49. The van der Waals surface area contributed by atoms with Crippen LogP contribution in [0.25, 0.3) is 0 Å². The summed E-state index contributed by atoms with van der Waals surface area (Å²) in [5.41, 5.74) is -0.943. The lowest BCUT2D eigenvalue weighted by atomic mass is 9.75. The van der Waals surface area contributed by atoms with Crippen molar-refractivity contribution in [2.75, 3.05) is 13.2 Å². The summed E-state index contributed by atoms with van der Waals surface area (Å²) in [6.45, 7) is 1.09. The first kappa shape index (κ1) is 22.7. The predicted octanol–water partition coefficient (Wildman–Crippen LogP) is 1.51. The van der Waals surface area contributed by atoms with Crippen molar-refractivity contribution in [3.8, 4) is 0 Å². The predicted molar refractivity (Wildman–Crippen MR) is 111 cm³/mol. The van der Waals surface area contributed by atoms with Gasteiger partial charge in [-0.25, -0.2) is 9.59 Å². The van der Waals surface area contributed by atoms with Crippen molar-refractivity contribution in [1.82, 2.24) is 20.9 Å². The highest BCUT2D eigenvalue weighted by Gasteiger charge is 2.52. The molecule has 0 atom stereocenters. The van der Waals surface area contributed by atoms with Gasteiger partial charge in [0.2, 0.25) is 0 Å². The van der Waals surface area contributed by atoms with Crippen molar-refractivity contribution in [2.24, 2.45) is 5.92 Å². The van der Waals surface area contributed by atoms with E-state index in [1.54, 1.807) is 0 Å². The second kappa shape index (κ2) is 9.90. The highest BCUT2D eigenvalue weighted by atomic mass is 32.1. The first-order valence-electron chi connectivity index (χ1n) is 10.2. The molecule has 0 radical (unpaired) electrons. The topological polar surface area (TPSA) is 134 Å². The van der Waals surface area contributed by atoms with Crippen LogP contribution in [0.1, 0.15) is 43.9 Å². The number of carbonyl (C=O) groups excluding carboxylic acids is 5. The summed E-state index contributed by atoms with van der Waals surface area (Å²) in [7, 11) is 0. The second-order valence-electron chi connectivity index (χ2n) is 7.73. The van der Waals surface area contributed by atoms with E-state index in [1.807, 2.05) is 22.8 Å². The van der Waals surface area contributed by atoms with Gasteiger partial charge in [0.15, 0.2) is 6.61 Å². The van der Waals surface area contributed by atoms with Crippen LogP contribution >= 0.6 is 11.3 Å². The van der Waals surface area contributed by atoms with Gasteiger partial charge < -0.3 is 15.4 Å². The van der Waals surface area contributed by atoms with Crippen molar-refractivity contribution in [3.05, 3.63) is 22.4 Å². The fourth-order valence-corrected chi connectivity index (χ4v) is 4.49. The fourth-order valence-electron chi connectivity index (χ4n) is 3.85. The van der Waals surface area contributed by atoms with E-state index in [0.717, 1.165) is 29.0 Å². The highest BCUT2D eigenvalue weighted by molar-refractivity contribution is 7.09. The molecule has 2 aliphatic rings. The Hall–Kier alpha value is -2.95. The number of hydrogen-bond acceptors (Lipinski definition) is 7. The standard InChI is InChI=1S/C20H26N4O6S/c1-2-13-5-7-20(8-6-13)17(27)24(19(29)23-20)11-16(26)30-12-15(25)22-18(28)21-10-14-4-3-9-31-14/h3-4,9,13H,2,5-8,10-12H2,1H3,(H,23,29)(H2,21,22,25,28). The molecule has 1 aliphatic heterocycles. The molecule has 2 fully saturated rings. The molecule has 3 N–H and O–H groups in total. The number of thiophene rings is 1. The Labute approximate surface area is 183 Å². The monoisotopic (exact) mass is 450 g/mol. The number of carbonyl (C=O) groups is 5. The van der Waals surface area contributed by atoms with E-state index in [4.69, 9.17) is 4.74 Å². The zero-order valence-corrected chi connectivity index (χ0v) is 18.1. The number of nitrogens with zero attached hydrogens (tertiary/aromatic N) is 1. The van der Waals surface area contributed by atoms with E-state index >= 15 is 0 Å². The van der Waals surface area contributed by atoms with E-state index in [9.17, 15) is 24.0 Å². The molecule has 31 heavy (non-hydrogen) atoms. The van der Waals surface area contributed by atoms with Gasteiger partial charge >= 0.3 is 18.0 Å². The molecule has 1 aromatic heterocycles. The molecular formula is C20H26N4O6S. The van der Waals surface area contributed by atoms with Crippen LogP contribution in [0.4, 0.5) is 9.59 Å². The summed E-state index contributed by atoms with van der Waals surface area (Å²) in [6, 6.07) is 2.33. The first-order chi connectivity index (χ1) is 14.8. The van der Waals surface area contributed by atoms with Crippen molar-refractivity contribution in [2.45, 2.75) is 51.1 Å². The second-order valence-corrected chi connectivity index (χ2v) is 8.76. The molecular weight excluding hydrogens is 424 g/mol. The summed E-state index contributed by atoms with van der Waals surface area (Å²) in [5.74, 6) is -1.61. The average molecular weight is 451 g/mol. The van der Waals surface area contributed by atoms with Gasteiger partial charge in [0.25, 0.3) is 11.8 Å². The van der Waals surface area contributed by atoms with Crippen LogP contribution < -0.4 is 16.0 Å². The molecule has 0 unspecified atom stereocenters. The minimum atomic E-state index is -0.943. The summed E-state index contributed by atoms with van der Waals surface area (Å²) in [4.78, 5) is 62.3. The third-order valence-electron chi connectivity index (χ3n) is 5.69. The van der Waals surface area contributed by atoms with E-state index in [-0.39, 0.29) is 6.54 Å². The number of esters is 1. The summed E-state index contributed by atoms with van der Waals surface area (Å²) < 4.78 is 4.82. The Balaban J connectivity index is 1.41. The van der Waals surface area contributed by atoms with Crippen LogP contribution in [-0.2, 0) is 25.7 Å². The van der Waals surface area contributed by atoms with E-state index in [1.165, 1.54) is 11.3 Å². The third-order valence-corrected chi connectivity index (χ3v) is 6.57. The van der Waals surface area contributed by atoms with Crippen LogP contribution in [0.2, 0.25) is 0 Å². The Morgan fingerprint density at radius 1 is 1.29 bits per heavy atom. The maximum absolute atomic E-state index is 12.8. The third kappa shape index (κ3) is 5.60. The number of nitrogens with one attached hydrogen (secondary N) is 3. The molecule has 11 heteroatoms. The quantitative estimate of drug-likeness (QED) is 0.426. The normalized spacial score (nSPS) is 22.9. The van der Waals surface area contributed by atoms with Gasteiger partial charge in [-0.1, -0.05) is 19.4 Å². The molecule has 6 amide bonds. The van der Waals surface area contributed by atoms with Crippen molar-refractivity contribution in [1.29, 1.82) is 0 Å². The van der Waals surface area contributed by atoms with Gasteiger partial charge in [-0.15, -0.1) is 11.3 Å². The van der Waals surface area contributed by atoms with Crippen molar-refractivity contribution in [3.63, 3.8) is 0 Å². The maximum Gasteiger partial charge on any atom is 0.326 e. The zero-order chi connectivity index (χ0) is 22.4. The minimum Gasteiger partial charge on any atom is -0.454 e. The Kier molecular flexibility index (Phi) is 7.26. The number of imide groups is 2. The number of rotatable bonds is 7. The Morgan fingerprint density at radius 3 is 2.68 bits per heavy atom. The summed E-state index contributed by atoms with van der Waals surface area (Å²) >= 11 is 1.46. The summed E-state index contributed by atoms with van der Waals surface area (Å²) in [5, 5.41) is 9.15. The number of amides is 6. The molecule has 1 saturated carbocycles. The fraction of sp³-hybridized carbons (Fsp3) is 0.550. The van der Waals surface area contributed by atoms with Gasteiger partial charge in [-0.3, -0.25) is 24.6 Å². The number of hydrogen-bond donors (Lipinski definition) is 3. The summed E-state index contributed by atoms with van der Waals surface area (Å²) in [6.07, 6.45) is 3.81. The van der Waals surface area contributed by atoms with Crippen LogP contribution in [0.15, 0.2) is 17.5 Å². The van der Waals surface area contributed by atoms with Gasteiger partial charge in [0, 0.05) is 4.88 Å². The highest BCUT2D eigenvalue weighted by Crippen LogP contribution is 2.37. The maximum atomic E-state index is 12.8. The number of urea groups is 2. The molecule has 1 saturated heterocycles.